The van der Waals surface area contributed by atoms with Gasteiger partial charge in [-0.25, -0.2) is 0 Å². The molecule has 0 aliphatic rings. The van der Waals surface area contributed by atoms with Gasteiger partial charge in [0.15, 0.2) is 5.16 Å². The van der Waals surface area contributed by atoms with Gasteiger partial charge in [-0.2, -0.15) is 0 Å². The van der Waals surface area contributed by atoms with Crippen LogP contribution in [0.4, 0.5) is 0 Å². The van der Waals surface area contributed by atoms with E-state index in [0.29, 0.717) is 22.9 Å². The number of hydrogen-bond donors (Lipinski definition) is 1. The second-order valence-electron chi connectivity index (χ2n) is 6.26. The van der Waals surface area contributed by atoms with E-state index in [4.69, 9.17) is 0 Å². The first-order valence-electron chi connectivity index (χ1n) is 8.85. The Hall–Kier alpha value is -2.35. The molecule has 0 unspecified atom stereocenters. The zero-order chi connectivity index (χ0) is 18.7. The van der Waals surface area contributed by atoms with Crippen molar-refractivity contribution in [2.24, 2.45) is 0 Å². The van der Waals surface area contributed by atoms with Gasteiger partial charge in [0, 0.05) is 12.6 Å². The second-order valence-corrected chi connectivity index (χ2v) is 7.20. The standard InChI is InChI=1S/C18H23N5O2S/c1-4-10-22-16(25)13-8-6-7-9-14(13)23-17(22)20-21-18(23)26-11-15(24)19-12(3)5-2/h6-9,12H,4-5,10-11H2,1-3H3,(H,19,24)/t12-/m0/s1. The number of hydrogen-bond acceptors (Lipinski definition) is 5. The lowest BCUT2D eigenvalue weighted by Gasteiger charge is -2.11. The van der Waals surface area contributed by atoms with E-state index in [-0.39, 0.29) is 23.3 Å². The number of aryl methyl sites for hydroxylation is 1. The van der Waals surface area contributed by atoms with Crippen molar-refractivity contribution < 1.29 is 4.79 Å². The highest BCUT2D eigenvalue weighted by molar-refractivity contribution is 7.99. The molecule has 0 fully saturated rings. The lowest BCUT2D eigenvalue weighted by Crippen LogP contribution is -2.33. The number of rotatable bonds is 7. The van der Waals surface area contributed by atoms with Crippen molar-refractivity contribution in [3.05, 3.63) is 34.6 Å². The van der Waals surface area contributed by atoms with E-state index in [0.717, 1.165) is 18.4 Å². The van der Waals surface area contributed by atoms with E-state index in [1.807, 2.05) is 49.4 Å². The summed E-state index contributed by atoms with van der Waals surface area (Å²) in [7, 11) is 0. The second kappa shape index (κ2) is 7.90. The molecule has 0 aliphatic heterocycles. The smallest absolute Gasteiger partial charge is 0.262 e. The molecule has 0 radical (unpaired) electrons. The van der Waals surface area contributed by atoms with Crippen molar-refractivity contribution in [1.82, 2.24) is 24.5 Å². The van der Waals surface area contributed by atoms with E-state index in [1.54, 1.807) is 4.57 Å². The fraction of sp³-hybridized carbons (Fsp3) is 0.444. The van der Waals surface area contributed by atoms with Crippen LogP contribution in [0.2, 0.25) is 0 Å². The highest BCUT2D eigenvalue weighted by Crippen LogP contribution is 2.21. The van der Waals surface area contributed by atoms with Gasteiger partial charge in [0.2, 0.25) is 11.7 Å². The summed E-state index contributed by atoms with van der Waals surface area (Å²) in [4.78, 5) is 24.9. The van der Waals surface area contributed by atoms with Gasteiger partial charge >= 0.3 is 0 Å². The number of nitrogens with one attached hydrogen (secondary N) is 1. The Balaban J connectivity index is 2.03. The molecule has 3 rings (SSSR count). The summed E-state index contributed by atoms with van der Waals surface area (Å²) in [5, 5.41) is 12.6. The molecule has 1 aromatic carbocycles. The number of nitrogens with zero attached hydrogens (tertiary/aromatic N) is 4. The largest absolute Gasteiger partial charge is 0.353 e. The van der Waals surface area contributed by atoms with Crippen LogP contribution in [0, 0.1) is 0 Å². The topological polar surface area (TPSA) is 81.3 Å². The quantitative estimate of drug-likeness (QED) is 0.644. The molecule has 1 N–H and O–H groups in total. The molecular weight excluding hydrogens is 350 g/mol. The third-order valence-electron chi connectivity index (χ3n) is 4.28. The van der Waals surface area contributed by atoms with Gasteiger partial charge in [-0.3, -0.25) is 18.6 Å². The van der Waals surface area contributed by atoms with Crippen LogP contribution >= 0.6 is 11.8 Å². The number of carbonyl (C=O) groups is 1. The zero-order valence-electron chi connectivity index (χ0n) is 15.2. The van der Waals surface area contributed by atoms with Gasteiger partial charge in [-0.05, 0) is 31.9 Å². The van der Waals surface area contributed by atoms with E-state index in [2.05, 4.69) is 15.5 Å². The molecule has 26 heavy (non-hydrogen) atoms. The van der Waals surface area contributed by atoms with Gasteiger partial charge in [0.25, 0.3) is 5.56 Å². The fourth-order valence-electron chi connectivity index (χ4n) is 2.80. The van der Waals surface area contributed by atoms with Crippen LogP contribution in [0.15, 0.2) is 34.2 Å². The number of carbonyl (C=O) groups excluding carboxylic acids is 1. The minimum Gasteiger partial charge on any atom is -0.353 e. The maximum atomic E-state index is 12.8. The Labute approximate surface area is 155 Å². The predicted octanol–water partition coefficient (Wildman–Crippen LogP) is 2.46. The van der Waals surface area contributed by atoms with Crippen LogP contribution in [-0.2, 0) is 11.3 Å². The van der Waals surface area contributed by atoms with Crippen LogP contribution < -0.4 is 10.9 Å². The summed E-state index contributed by atoms with van der Waals surface area (Å²) < 4.78 is 3.52. The number of para-hydroxylation sites is 1. The lowest BCUT2D eigenvalue weighted by molar-refractivity contribution is -0.119. The Bertz CT molecular complexity index is 994. The third kappa shape index (κ3) is 3.46. The number of aromatic nitrogens is 4. The van der Waals surface area contributed by atoms with E-state index < -0.39 is 0 Å². The summed E-state index contributed by atoms with van der Waals surface area (Å²) in [5.41, 5.74) is 0.697. The lowest BCUT2D eigenvalue weighted by atomic mass is 10.2. The van der Waals surface area contributed by atoms with Crippen molar-refractivity contribution in [1.29, 1.82) is 0 Å². The summed E-state index contributed by atoms with van der Waals surface area (Å²) in [6, 6.07) is 7.58. The molecule has 0 spiro atoms. The van der Waals surface area contributed by atoms with E-state index in [9.17, 15) is 9.59 Å². The van der Waals surface area contributed by atoms with Gasteiger partial charge < -0.3 is 5.32 Å². The van der Waals surface area contributed by atoms with Crippen molar-refractivity contribution in [2.75, 3.05) is 5.75 Å². The Morgan fingerprint density at radius 3 is 2.77 bits per heavy atom. The Morgan fingerprint density at radius 1 is 1.27 bits per heavy atom. The number of benzene rings is 1. The van der Waals surface area contributed by atoms with Gasteiger partial charge in [-0.1, -0.05) is 37.7 Å². The summed E-state index contributed by atoms with van der Waals surface area (Å²) >= 11 is 1.33. The summed E-state index contributed by atoms with van der Waals surface area (Å²) in [6.45, 7) is 6.60. The minimum absolute atomic E-state index is 0.0349. The molecule has 0 saturated carbocycles. The van der Waals surface area contributed by atoms with Gasteiger partial charge in [-0.15, -0.1) is 10.2 Å². The highest BCUT2D eigenvalue weighted by Gasteiger charge is 2.17. The van der Waals surface area contributed by atoms with Gasteiger partial charge in [0.05, 0.1) is 16.7 Å². The van der Waals surface area contributed by atoms with Crippen LogP contribution in [0.5, 0.6) is 0 Å². The fourth-order valence-corrected chi connectivity index (χ4v) is 3.55. The monoisotopic (exact) mass is 373 g/mol. The number of amides is 1. The molecular formula is C18H23N5O2S. The normalized spacial score (nSPS) is 12.6. The van der Waals surface area contributed by atoms with Crippen molar-refractivity contribution in [2.45, 2.75) is 51.4 Å². The third-order valence-corrected chi connectivity index (χ3v) is 5.21. The average molecular weight is 373 g/mol. The number of thioether (sulfide) groups is 1. The molecule has 1 atom stereocenters. The average Bonchev–Trinajstić information content (AvgIpc) is 3.07. The van der Waals surface area contributed by atoms with Crippen molar-refractivity contribution in [3.63, 3.8) is 0 Å². The molecule has 0 saturated heterocycles. The summed E-state index contributed by atoms with van der Waals surface area (Å²) in [6.07, 6.45) is 1.71. The Morgan fingerprint density at radius 2 is 2.04 bits per heavy atom. The highest BCUT2D eigenvalue weighted by atomic mass is 32.2. The molecule has 3 aromatic rings. The van der Waals surface area contributed by atoms with Crippen LogP contribution in [0.25, 0.3) is 16.7 Å². The molecule has 138 valence electrons. The first-order chi connectivity index (χ1) is 12.6. The molecule has 1 amide bonds. The van der Waals surface area contributed by atoms with E-state index in [1.165, 1.54) is 11.8 Å². The van der Waals surface area contributed by atoms with Crippen LogP contribution in [0.3, 0.4) is 0 Å². The van der Waals surface area contributed by atoms with Crippen molar-refractivity contribution >= 4 is 34.3 Å². The molecule has 7 nitrogen and oxygen atoms in total. The SMILES string of the molecule is CCCn1c(=O)c2ccccc2n2c(SCC(=O)N[C@@H](C)CC)nnc12. The van der Waals surface area contributed by atoms with Crippen LogP contribution in [-0.4, -0.2) is 36.9 Å². The van der Waals surface area contributed by atoms with E-state index >= 15 is 0 Å². The van der Waals surface area contributed by atoms with Gasteiger partial charge in [0.1, 0.15) is 0 Å². The Kier molecular flexibility index (Phi) is 5.61. The maximum absolute atomic E-state index is 12.8. The molecule has 8 heteroatoms. The molecule has 0 aliphatic carbocycles. The molecule has 2 aromatic heterocycles. The first-order valence-corrected chi connectivity index (χ1v) is 9.84. The molecule has 0 bridgehead atoms. The number of fused-ring (bicyclic) bond motifs is 3. The first kappa shape index (κ1) is 18.4. The zero-order valence-corrected chi connectivity index (χ0v) is 16.0. The minimum atomic E-state index is -0.0617. The van der Waals surface area contributed by atoms with Crippen LogP contribution in [0.1, 0.15) is 33.6 Å². The predicted molar refractivity (Wildman–Crippen MR) is 104 cm³/mol. The molecule has 2 heterocycles. The maximum Gasteiger partial charge on any atom is 0.262 e. The van der Waals surface area contributed by atoms with Crippen molar-refractivity contribution in [3.8, 4) is 0 Å². The summed E-state index contributed by atoms with van der Waals surface area (Å²) in [5.74, 6) is 0.736.